The Morgan fingerprint density at radius 1 is 0.853 bits per heavy atom. The zero-order valence-electron chi connectivity index (χ0n) is 19.8. The maximum Gasteiger partial charge on any atom is 0.229 e. The van der Waals surface area contributed by atoms with Gasteiger partial charge in [-0.3, -0.25) is 5.01 Å². The van der Waals surface area contributed by atoms with Gasteiger partial charge in [-0.15, -0.1) is 0 Å². The van der Waals surface area contributed by atoms with Crippen molar-refractivity contribution in [2.24, 2.45) is 0 Å². The predicted molar refractivity (Wildman–Crippen MR) is 135 cm³/mol. The SMILES string of the molecule is COc1ccc(CN2CCC3NN(Cc4ccccc4)c4nc(N5CCCCC5)nc2c43)cc1. The van der Waals surface area contributed by atoms with E-state index in [2.05, 4.69) is 62.7 Å². The third kappa shape index (κ3) is 4.05. The second-order valence-electron chi connectivity index (χ2n) is 9.44. The lowest BCUT2D eigenvalue weighted by Gasteiger charge is -2.34. The Morgan fingerprint density at radius 2 is 1.59 bits per heavy atom. The molecule has 1 saturated heterocycles. The van der Waals surface area contributed by atoms with Gasteiger partial charge in [0.1, 0.15) is 11.6 Å². The van der Waals surface area contributed by atoms with Gasteiger partial charge in [0.05, 0.1) is 25.3 Å². The van der Waals surface area contributed by atoms with E-state index in [1.165, 1.54) is 36.0 Å². The highest BCUT2D eigenvalue weighted by Gasteiger charge is 2.39. The first-order valence-corrected chi connectivity index (χ1v) is 12.4. The third-order valence-corrected chi connectivity index (χ3v) is 7.15. The molecule has 176 valence electrons. The van der Waals surface area contributed by atoms with E-state index in [-0.39, 0.29) is 6.04 Å². The molecule has 1 fully saturated rings. The van der Waals surface area contributed by atoms with E-state index in [1.54, 1.807) is 7.11 Å². The van der Waals surface area contributed by atoms with E-state index in [0.29, 0.717) is 0 Å². The van der Waals surface area contributed by atoms with Gasteiger partial charge in [0.15, 0.2) is 5.82 Å². The quantitative estimate of drug-likeness (QED) is 0.588. The largest absolute Gasteiger partial charge is 0.497 e. The number of methoxy groups -OCH3 is 1. The number of nitrogens with one attached hydrogen (secondary N) is 1. The molecule has 1 unspecified atom stereocenters. The van der Waals surface area contributed by atoms with Gasteiger partial charge in [-0.1, -0.05) is 42.5 Å². The highest BCUT2D eigenvalue weighted by Crippen LogP contribution is 2.44. The summed E-state index contributed by atoms with van der Waals surface area (Å²) < 4.78 is 5.34. The van der Waals surface area contributed by atoms with E-state index in [9.17, 15) is 0 Å². The van der Waals surface area contributed by atoms with Crippen molar-refractivity contribution in [1.82, 2.24) is 15.4 Å². The molecule has 7 nitrogen and oxygen atoms in total. The van der Waals surface area contributed by atoms with Crippen molar-refractivity contribution < 1.29 is 4.74 Å². The van der Waals surface area contributed by atoms with Gasteiger partial charge in [0.2, 0.25) is 5.95 Å². The Morgan fingerprint density at radius 3 is 2.35 bits per heavy atom. The van der Waals surface area contributed by atoms with Gasteiger partial charge in [0.25, 0.3) is 0 Å². The van der Waals surface area contributed by atoms with Crippen LogP contribution in [0.15, 0.2) is 54.6 Å². The van der Waals surface area contributed by atoms with Gasteiger partial charge < -0.3 is 14.5 Å². The van der Waals surface area contributed by atoms with Crippen molar-refractivity contribution in [3.63, 3.8) is 0 Å². The standard InChI is InChI=1S/C27H32N6O/c1-34-22-12-10-21(11-13-22)18-32-17-14-23-24-25(32)28-27(31-15-6-3-7-16-31)29-26(24)33(30-23)19-20-8-4-2-5-9-20/h2,4-5,8-13,23,30H,3,6-7,14-19H2,1H3. The molecule has 1 aromatic heterocycles. The normalized spacial score (nSPS) is 19.3. The van der Waals surface area contributed by atoms with Gasteiger partial charge in [-0.2, -0.15) is 9.97 Å². The summed E-state index contributed by atoms with van der Waals surface area (Å²) >= 11 is 0. The monoisotopic (exact) mass is 456 g/mol. The molecule has 0 spiro atoms. The van der Waals surface area contributed by atoms with E-state index in [0.717, 1.165) is 62.5 Å². The Kier molecular flexibility index (Phi) is 5.71. The number of ether oxygens (including phenoxy) is 1. The average Bonchev–Trinajstić information content (AvgIpc) is 3.25. The highest BCUT2D eigenvalue weighted by atomic mass is 16.5. The van der Waals surface area contributed by atoms with Crippen LogP contribution in [-0.4, -0.2) is 36.7 Å². The lowest BCUT2D eigenvalue weighted by atomic mass is 10.0. The number of aromatic nitrogens is 2. The number of nitrogens with zero attached hydrogens (tertiary/aromatic N) is 5. The minimum absolute atomic E-state index is 0.260. The minimum Gasteiger partial charge on any atom is -0.497 e. The maximum atomic E-state index is 5.34. The summed E-state index contributed by atoms with van der Waals surface area (Å²) in [6, 6.07) is 19.3. The first-order valence-electron chi connectivity index (χ1n) is 12.4. The third-order valence-electron chi connectivity index (χ3n) is 7.15. The Balaban J connectivity index is 1.37. The molecular formula is C27H32N6O. The van der Waals surface area contributed by atoms with Crippen LogP contribution in [0, 0.1) is 0 Å². The van der Waals surface area contributed by atoms with Crippen LogP contribution in [0.25, 0.3) is 0 Å². The summed E-state index contributed by atoms with van der Waals surface area (Å²) in [7, 11) is 1.71. The minimum atomic E-state index is 0.260. The van der Waals surface area contributed by atoms with Gasteiger partial charge in [-0.05, 0) is 48.9 Å². The molecule has 1 atom stereocenters. The van der Waals surface area contributed by atoms with Crippen LogP contribution < -0.4 is 25.0 Å². The molecule has 7 heteroatoms. The van der Waals surface area contributed by atoms with Crippen molar-refractivity contribution in [2.45, 2.75) is 44.8 Å². The van der Waals surface area contributed by atoms with Gasteiger partial charge in [0, 0.05) is 26.2 Å². The lowest BCUT2D eigenvalue weighted by molar-refractivity contribution is 0.414. The van der Waals surface area contributed by atoms with Crippen molar-refractivity contribution >= 4 is 17.6 Å². The average molecular weight is 457 g/mol. The van der Waals surface area contributed by atoms with Crippen LogP contribution in [0.5, 0.6) is 5.75 Å². The number of anilines is 3. The zero-order valence-corrected chi connectivity index (χ0v) is 19.8. The molecule has 3 aliphatic heterocycles. The van der Waals surface area contributed by atoms with E-state index in [4.69, 9.17) is 14.7 Å². The number of rotatable bonds is 6. The summed E-state index contributed by atoms with van der Waals surface area (Å²) in [4.78, 5) is 15.1. The smallest absolute Gasteiger partial charge is 0.229 e. The molecule has 0 radical (unpaired) electrons. The molecule has 3 aliphatic rings. The van der Waals surface area contributed by atoms with Crippen LogP contribution in [0.2, 0.25) is 0 Å². The van der Waals surface area contributed by atoms with Crippen molar-refractivity contribution in [3.05, 3.63) is 71.3 Å². The molecule has 0 aliphatic carbocycles. The summed E-state index contributed by atoms with van der Waals surface area (Å²) in [6.07, 6.45) is 4.75. The Labute approximate surface area is 201 Å². The number of hydrazine groups is 1. The van der Waals surface area contributed by atoms with E-state index < -0.39 is 0 Å². The van der Waals surface area contributed by atoms with Crippen LogP contribution in [0.4, 0.5) is 17.6 Å². The van der Waals surface area contributed by atoms with Crippen LogP contribution in [0.1, 0.15) is 48.4 Å². The second kappa shape index (κ2) is 9.14. The molecule has 4 heterocycles. The molecular weight excluding hydrogens is 424 g/mol. The summed E-state index contributed by atoms with van der Waals surface area (Å²) in [5.41, 5.74) is 7.53. The zero-order chi connectivity index (χ0) is 22.9. The van der Waals surface area contributed by atoms with Crippen molar-refractivity contribution in [2.75, 3.05) is 41.6 Å². The summed E-state index contributed by atoms with van der Waals surface area (Å²) in [6.45, 7) is 4.65. The number of benzene rings is 2. The van der Waals surface area contributed by atoms with Crippen molar-refractivity contribution in [3.8, 4) is 5.75 Å². The van der Waals surface area contributed by atoms with E-state index in [1.807, 2.05) is 12.1 Å². The molecule has 6 rings (SSSR count). The molecule has 34 heavy (non-hydrogen) atoms. The fraction of sp³-hybridized carbons (Fsp3) is 0.407. The summed E-state index contributed by atoms with van der Waals surface area (Å²) in [5, 5.41) is 2.24. The highest BCUT2D eigenvalue weighted by molar-refractivity contribution is 5.69. The first-order chi connectivity index (χ1) is 16.8. The van der Waals surface area contributed by atoms with Crippen LogP contribution in [-0.2, 0) is 13.1 Å². The lowest BCUT2D eigenvalue weighted by Crippen LogP contribution is -2.37. The van der Waals surface area contributed by atoms with Crippen molar-refractivity contribution in [1.29, 1.82) is 0 Å². The fourth-order valence-corrected chi connectivity index (χ4v) is 5.33. The Hall–Kier alpha value is -3.32. The second-order valence-corrected chi connectivity index (χ2v) is 9.44. The predicted octanol–water partition coefficient (Wildman–Crippen LogP) is 4.45. The van der Waals surface area contributed by atoms with Gasteiger partial charge >= 0.3 is 0 Å². The summed E-state index contributed by atoms with van der Waals surface area (Å²) in [5.74, 6) is 3.88. The molecule has 3 aromatic rings. The molecule has 0 amide bonds. The Bertz CT molecular complexity index is 1130. The maximum absolute atomic E-state index is 5.34. The number of piperidine rings is 1. The molecule has 0 bridgehead atoms. The van der Waals surface area contributed by atoms with Crippen LogP contribution in [0.3, 0.4) is 0 Å². The first kappa shape index (κ1) is 21.2. The number of hydrogen-bond donors (Lipinski definition) is 1. The fourth-order valence-electron chi connectivity index (χ4n) is 5.33. The topological polar surface area (TPSA) is 56.8 Å². The molecule has 0 saturated carbocycles. The molecule has 1 N–H and O–H groups in total. The molecule has 2 aromatic carbocycles. The van der Waals surface area contributed by atoms with Gasteiger partial charge in [-0.25, -0.2) is 5.43 Å². The van der Waals surface area contributed by atoms with Crippen LogP contribution >= 0.6 is 0 Å². The van der Waals surface area contributed by atoms with E-state index >= 15 is 0 Å². The number of hydrogen-bond acceptors (Lipinski definition) is 7.